The van der Waals surface area contributed by atoms with Crippen LogP contribution in [0.2, 0.25) is 0 Å². The van der Waals surface area contributed by atoms with Gasteiger partial charge in [0.1, 0.15) is 0 Å². The van der Waals surface area contributed by atoms with Crippen LogP contribution in [0.25, 0.3) is 0 Å². The van der Waals surface area contributed by atoms with Gasteiger partial charge in [-0.25, -0.2) is 0 Å². The monoisotopic (exact) mass is 141 g/mol. The molecule has 0 aliphatic heterocycles. The maximum Gasteiger partial charge on any atom is -0.0532 e. The molecule has 0 amide bonds. The summed E-state index contributed by atoms with van der Waals surface area (Å²) in [6.07, 6.45) is 1.26. The van der Waals surface area contributed by atoms with E-state index in [0.29, 0.717) is 5.41 Å². The van der Waals surface area contributed by atoms with Crippen LogP contribution in [0.5, 0.6) is 0 Å². The van der Waals surface area contributed by atoms with E-state index in [9.17, 15) is 0 Å². The van der Waals surface area contributed by atoms with Crippen molar-refractivity contribution in [3.8, 4) is 0 Å². The van der Waals surface area contributed by atoms with E-state index < -0.39 is 0 Å². The molecule has 0 saturated carbocycles. The lowest BCUT2D eigenvalue weighted by molar-refractivity contribution is 0.233. The first kappa shape index (κ1) is 10.0. The molecule has 0 aromatic rings. The Hall–Kier alpha value is 0. The van der Waals surface area contributed by atoms with Gasteiger partial charge in [-0.15, -0.1) is 0 Å². The predicted octanol–water partition coefficient (Wildman–Crippen LogP) is 3.67. The quantitative estimate of drug-likeness (QED) is 0.526. The summed E-state index contributed by atoms with van der Waals surface area (Å²) in [7, 11) is 0. The molecule has 0 fully saturated rings. The summed E-state index contributed by atoms with van der Waals surface area (Å²) in [5.74, 6) is 2.30. The highest BCUT2D eigenvalue weighted by Crippen LogP contribution is 2.35. The Morgan fingerprint density at radius 2 is 1.70 bits per heavy atom. The van der Waals surface area contributed by atoms with Crippen molar-refractivity contribution in [2.75, 3.05) is 0 Å². The fourth-order valence-corrected chi connectivity index (χ4v) is 1.09. The molecule has 0 nitrogen and oxygen atoms in total. The lowest BCUT2D eigenvalue weighted by atomic mass is 9.72. The smallest absolute Gasteiger partial charge is 0.0532 e. The standard InChI is InChI=1S/C10H21/c1-7-10(5,6)9(4)8(2)3/h9H,7H2,1-6H3/q-1. The zero-order valence-electron chi connectivity index (χ0n) is 8.28. The first-order chi connectivity index (χ1) is 4.41. The van der Waals surface area contributed by atoms with Gasteiger partial charge in [-0.2, -0.15) is 19.8 Å². The summed E-state index contributed by atoms with van der Waals surface area (Å²) >= 11 is 0. The van der Waals surface area contributed by atoms with E-state index in [2.05, 4.69) is 41.5 Å². The molecule has 62 valence electrons. The Kier molecular flexibility index (Phi) is 3.41. The van der Waals surface area contributed by atoms with Crippen LogP contribution in [-0.4, -0.2) is 0 Å². The molecule has 0 heterocycles. The second kappa shape index (κ2) is 3.41. The average Bonchev–Trinajstić information content (AvgIpc) is 1.86. The third kappa shape index (κ3) is 2.32. The highest BCUT2D eigenvalue weighted by Gasteiger charge is 2.18. The first-order valence-electron chi connectivity index (χ1n) is 4.22. The van der Waals surface area contributed by atoms with Crippen molar-refractivity contribution in [2.24, 2.45) is 11.3 Å². The molecule has 0 radical (unpaired) electrons. The zero-order chi connectivity index (χ0) is 8.36. The molecule has 0 spiro atoms. The Labute approximate surface area is 66.0 Å². The van der Waals surface area contributed by atoms with Crippen LogP contribution in [0.15, 0.2) is 0 Å². The molecule has 0 saturated heterocycles. The van der Waals surface area contributed by atoms with Crippen LogP contribution in [0.1, 0.15) is 48.0 Å². The zero-order valence-corrected chi connectivity index (χ0v) is 8.28. The molecule has 0 aromatic heterocycles. The van der Waals surface area contributed by atoms with E-state index in [0.717, 1.165) is 5.92 Å². The Morgan fingerprint density at radius 1 is 1.30 bits per heavy atom. The maximum atomic E-state index is 2.34. The summed E-state index contributed by atoms with van der Waals surface area (Å²) in [6.45, 7) is 13.7. The molecular formula is C10H21-. The van der Waals surface area contributed by atoms with Gasteiger partial charge in [-0.05, 0) is 0 Å². The SMILES string of the molecule is CCC(C)(C)C(C)[C-](C)C. The molecule has 1 unspecified atom stereocenters. The van der Waals surface area contributed by atoms with Crippen molar-refractivity contribution >= 4 is 0 Å². The van der Waals surface area contributed by atoms with Crippen LogP contribution < -0.4 is 0 Å². The fourth-order valence-electron chi connectivity index (χ4n) is 1.09. The van der Waals surface area contributed by atoms with E-state index >= 15 is 0 Å². The largest absolute Gasteiger partial charge is 0.316 e. The minimum Gasteiger partial charge on any atom is -0.316 e. The van der Waals surface area contributed by atoms with Crippen molar-refractivity contribution in [1.29, 1.82) is 0 Å². The van der Waals surface area contributed by atoms with Crippen molar-refractivity contribution in [2.45, 2.75) is 48.0 Å². The minimum absolute atomic E-state index is 0.485. The Balaban J connectivity index is 4.03. The maximum absolute atomic E-state index is 2.34. The van der Waals surface area contributed by atoms with Gasteiger partial charge in [-0.1, -0.05) is 39.5 Å². The molecule has 0 aliphatic carbocycles. The van der Waals surface area contributed by atoms with E-state index in [1.54, 1.807) is 5.92 Å². The van der Waals surface area contributed by atoms with E-state index in [1.807, 2.05) is 0 Å². The molecule has 1 atom stereocenters. The number of rotatable bonds is 3. The highest BCUT2D eigenvalue weighted by molar-refractivity contribution is 4.92. The minimum atomic E-state index is 0.485. The third-order valence-corrected chi connectivity index (χ3v) is 2.95. The lowest BCUT2D eigenvalue weighted by Crippen LogP contribution is -2.23. The summed E-state index contributed by atoms with van der Waals surface area (Å²) < 4.78 is 0. The topological polar surface area (TPSA) is 0 Å². The molecule has 0 bridgehead atoms. The van der Waals surface area contributed by atoms with E-state index in [4.69, 9.17) is 0 Å². The van der Waals surface area contributed by atoms with Gasteiger partial charge in [0.25, 0.3) is 0 Å². The first-order valence-corrected chi connectivity index (χ1v) is 4.22. The molecule has 0 aliphatic rings. The van der Waals surface area contributed by atoms with Gasteiger partial charge in [-0.3, -0.25) is 0 Å². The molecule has 0 heteroatoms. The van der Waals surface area contributed by atoms with Crippen LogP contribution in [0.4, 0.5) is 0 Å². The number of hydrogen-bond acceptors (Lipinski definition) is 0. The molecular weight excluding hydrogens is 120 g/mol. The van der Waals surface area contributed by atoms with Gasteiger partial charge < -0.3 is 5.92 Å². The second-order valence-electron chi connectivity index (χ2n) is 4.14. The van der Waals surface area contributed by atoms with Crippen LogP contribution in [0.3, 0.4) is 0 Å². The Bertz CT molecular complexity index is 90.2. The van der Waals surface area contributed by atoms with Crippen LogP contribution in [-0.2, 0) is 0 Å². The van der Waals surface area contributed by atoms with Crippen molar-refractivity contribution in [3.05, 3.63) is 5.92 Å². The predicted molar refractivity (Wildman–Crippen MR) is 47.8 cm³/mol. The third-order valence-electron chi connectivity index (χ3n) is 2.95. The van der Waals surface area contributed by atoms with Gasteiger partial charge in [0.05, 0.1) is 0 Å². The number of hydrogen-bond donors (Lipinski definition) is 0. The normalized spacial score (nSPS) is 15.9. The average molecular weight is 141 g/mol. The summed E-state index contributed by atoms with van der Waals surface area (Å²) in [6, 6.07) is 0. The van der Waals surface area contributed by atoms with E-state index in [-0.39, 0.29) is 0 Å². The molecule has 0 aromatic carbocycles. The lowest BCUT2D eigenvalue weighted by Gasteiger charge is -2.42. The summed E-state index contributed by atoms with van der Waals surface area (Å²) in [4.78, 5) is 0. The van der Waals surface area contributed by atoms with Gasteiger partial charge in [0.15, 0.2) is 0 Å². The van der Waals surface area contributed by atoms with Gasteiger partial charge in [0, 0.05) is 0 Å². The molecule has 10 heavy (non-hydrogen) atoms. The highest BCUT2D eigenvalue weighted by atomic mass is 14.3. The van der Waals surface area contributed by atoms with Crippen molar-refractivity contribution < 1.29 is 0 Å². The fraction of sp³-hybridized carbons (Fsp3) is 0.900. The Morgan fingerprint density at radius 3 is 1.80 bits per heavy atom. The van der Waals surface area contributed by atoms with Crippen molar-refractivity contribution in [1.82, 2.24) is 0 Å². The van der Waals surface area contributed by atoms with Gasteiger partial charge >= 0.3 is 0 Å². The van der Waals surface area contributed by atoms with Crippen LogP contribution >= 0.6 is 0 Å². The van der Waals surface area contributed by atoms with Gasteiger partial charge in [0.2, 0.25) is 0 Å². The van der Waals surface area contributed by atoms with Crippen molar-refractivity contribution in [3.63, 3.8) is 0 Å². The van der Waals surface area contributed by atoms with E-state index in [1.165, 1.54) is 6.42 Å². The second-order valence-corrected chi connectivity index (χ2v) is 4.14. The van der Waals surface area contributed by atoms with Crippen LogP contribution in [0, 0.1) is 17.3 Å². The summed E-state index contributed by atoms with van der Waals surface area (Å²) in [5.41, 5.74) is 0.485. The summed E-state index contributed by atoms with van der Waals surface area (Å²) in [5, 5.41) is 0. The molecule has 0 N–H and O–H groups in total. The molecule has 0 rings (SSSR count).